The highest BCUT2D eigenvalue weighted by molar-refractivity contribution is 6.30. The van der Waals surface area contributed by atoms with E-state index in [0.29, 0.717) is 24.3 Å². The van der Waals surface area contributed by atoms with E-state index in [0.717, 1.165) is 5.69 Å². The number of aromatic nitrogens is 4. The number of hydrogen-bond acceptors (Lipinski definition) is 7. The third-order valence-corrected chi connectivity index (χ3v) is 7.59. The van der Waals surface area contributed by atoms with Gasteiger partial charge in [0.1, 0.15) is 17.1 Å². The van der Waals surface area contributed by atoms with Gasteiger partial charge in [-0.1, -0.05) is 30.7 Å². The number of nitrogens with zero attached hydrogens (tertiary/aromatic N) is 4. The average Bonchev–Trinajstić information content (AvgIpc) is 3.28. The third kappa shape index (κ3) is 6.21. The molecule has 0 amide bonds. The van der Waals surface area contributed by atoms with Gasteiger partial charge in [0.2, 0.25) is 5.95 Å². The Morgan fingerprint density at radius 3 is 2.67 bits per heavy atom. The standard InChI is InChI=1S/C27H33ClF2N6O3/c1-5-17-12-27(24(37)38,9-10-36(17)14-16-7-6-8-18(28)21(16)29)13-19-22(30)23(26(3,4)39)33-25(31-19)32-20-11-15(2)34-35-20/h6-8,11,17,39H,5,9-10,12-14H2,1-4H3,(H,37,38)(H2,31,32,33,34,35)/t17-,27-/m1/s1. The van der Waals surface area contributed by atoms with E-state index >= 15 is 4.39 Å². The molecule has 1 fully saturated rings. The third-order valence-electron chi connectivity index (χ3n) is 7.30. The molecule has 9 nitrogen and oxygen atoms in total. The Balaban J connectivity index is 1.65. The Labute approximate surface area is 230 Å². The number of benzene rings is 1. The van der Waals surface area contributed by atoms with Gasteiger partial charge in [-0.05, 0) is 52.6 Å². The summed E-state index contributed by atoms with van der Waals surface area (Å²) in [6, 6.07) is 6.34. The monoisotopic (exact) mass is 562 g/mol. The number of halogens is 3. The number of rotatable bonds is 9. The summed E-state index contributed by atoms with van der Waals surface area (Å²) >= 11 is 5.96. The molecule has 1 aliphatic heterocycles. The largest absolute Gasteiger partial charge is 0.481 e. The summed E-state index contributed by atoms with van der Waals surface area (Å²) in [5.41, 5.74) is -2.11. The van der Waals surface area contributed by atoms with Crippen molar-refractivity contribution in [2.45, 2.75) is 71.6 Å². The number of aryl methyl sites for hydroxylation is 1. The first-order chi connectivity index (χ1) is 18.3. The van der Waals surface area contributed by atoms with Crippen LogP contribution in [0.1, 0.15) is 62.7 Å². The number of hydrogen-bond donors (Lipinski definition) is 4. The number of carboxylic acids is 1. The van der Waals surface area contributed by atoms with Gasteiger partial charge in [0.05, 0.1) is 16.1 Å². The number of nitrogens with one attached hydrogen (secondary N) is 2. The second kappa shape index (κ2) is 11.1. The minimum atomic E-state index is -1.65. The van der Waals surface area contributed by atoms with Crippen molar-refractivity contribution in [1.29, 1.82) is 0 Å². The molecule has 0 saturated carbocycles. The zero-order valence-corrected chi connectivity index (χ0v) is 23.1. The highest BCUT2D eigenvalue weighted by atomic mass is 35.5. The van der Waals surface area contributed by atoms with E-state index in [9.17, 15) is 19.4 Å². The number of carboxylic acid groups (broad SMARTS) is 1. The maximum Gasteiger partial charge on any atom is 0.310 e. The fourth-order valence-corrected chi connectivity index (χ4v) is 5.34. The van der Waals surface area contributed by atoms with Crippen molar-refractivity contribution in [3.05, 3.63) is 63.6 Å². The Morgan fingerprint density at radius 1 is 1.31 bits per heavy atom. The molecule has 2 aromatic heterocycles. The van der Waals surface area contributed by atoms with Crippen LogP contribution in [0.25, 0.3) is 0 Å². The van der Waals surface area contributed by atoms with Gasteiger partial charge in [0.15, 0.2) is 11.6 Å². The van der Waals surface area contributed by atoms with Gasteiger partial charge in [0, 0.05) is 36.3 Å². The van der Waals surface area contributed by atoms with Gasteiger partial charge in [-0.3, -0.25) is 14.8 Å². The fraction of sp³-hybridized carbons (Fsp3) is 0.481. The first kappa shape index (κ1) is 28.8. The Morgan fingerprint density at radius 2 is 2.05 bits per heavy atom. The van der Waals surface area contributed by atoms with E-state index in [4.69, 9.17) is 11.6 Å². The molecule has 210 valence electrons. The molecule has 0 radical (unpaired) electrons. The minimum absolute atomic E-state index is 0.00327. The number of aromatic amines is 1. The number of anilines is 2. The second-order valence-electron chi connectivity index (χ2n) is 10.7. The van der Waals surface area contributed by atoms with E-state index in [2.05, 4.69) is 25.5 Å². The lowest BCUT2D eigenvalue weighted by Crippen LogP contribution is -2.50. The number of carbonyl (C=O) groups is 1. The molecule has 0 unspecified atom stereocenters. The molecule has 2 atom stereocenters. The Bertz CT molecular complexity index is 1360. The van der Waals surface area contributed by atoms with Crippen LogP contribution in [0.3, 0.4) is 0 Å². The lowest BCUT2D eigenvalue weighted by atomic mass is 9.71. The lowest BCUT2D eigenvalue weighted by Gasteiger charge is -2.44. The van der Waals surface area contributed by atoms with Crippen molar-refractivity contribution in [2.75, 3.05) is 11.9 Å². The second-order valence-corrected chi connectivity index (χ2v) is 11.1. The predicted molar refractivity (Wildman–Crippen MR) is 143 cm³/mol. The molecular formula is C27H33ClF2N6O3. The van der Waals surface area contributed by atoms with Gasteiger partial charge in [0.25, 0.3) is 0 Å². The number of H-pyrrole nitrogens is 1. The molecule has 12 heteroatoms. The van der Waals surface area contributed by atoms with Crippen molar-refractivity contribution in [2.24, 2.45) is 5.41 Å². The highest BCUT2D eigenvalue weighted by Gasteiger charge is 2.46. The van der Waals surface area contributed by atoms with Crippen molar-refractivity contribution in [1.82, 2.24) is 25.1 Å². The van der Waals surface area contributed by atoms with Crippen LogP contribution in [0.2, 0.25) is 5.02 Å². The zero-order chi connectivity index (χ0) is 28.5. The summed E-state index contributed by atoms with van der Waals surface area (Å²) in [4.78, 5) is 23.3. The lowest BCUT2D eigenvalue weighted by molar-refractivity contribution is -0.154. The molecule has 39 heavy (non-hydrogen) atoms. The molecule has 1 aromatic carbocycles. The van der Waals surface area contributed by atoms with E-state index < -0.39 is 28.6 Å². The smallest absolute Gasteiger partial charge is 0.310 e. The van der Waals surface area contributed by atoms with Crippen molar-refractivity contribution >= 4 is 29.3 Å². The van der Waals surface area contributed by atoms with E-state index in [1.807, 2.05) is 18.7 Å². The summed E-state index contributed by atoms with van der Waals surface area (Å²) < 4.78 is 30.3. The van der Waals surface area contributed by atoms with Crippen molar-refractivity contribution in [3.8, 4) is 0 Å². The first-order valence-electron chi connectivity index (χ1n) is 12.8. The van der Waals surface area contributed by atoms with E-state index in [1.165, 1.54) is 19.9 Å². The molecule has 0 bridgehead atoms. The maximum atomic E-state index is 15.7. The number of likely N-dealkylation sites (tertiary alicyclic amines) is 1. The SMILES string of the molecule is CC[C@@H]1C[C@](Cc2nc(Nc3cc(C)[nH]n3)nc(C(C)(C)O)c2F)(C(=O)O)CCN1Cc1cccc(Cl)c1F. The van der Waals surface area contributed by atoms with Gasteiger partial charge in [-0.25, -0.2) is 18.7 Å². The molecule has 0 spiro atoms. The molecule has 3 heterocycles. The summed E-state index contributed by atoms with van der Waals surface area (Å²) in [5.74, 6) is -2.00. The highest BCUT2D eigenvalue weighted by Crippen LogP contribution is 2.41. The summed E-state index contributed by atoms with van der Waals surface area (Å²) in [5, 5.41) is 30.8. The van der Waals surface area contributed by atoms with Gasteiger partial charge in [-0.15, -0.1) is 0 Å². The average molecular weight is 563 g/mol. The Hall–Kier alpha value is -3.15. The topological polar surface area (TPSA) is 127 Å². The van der Waals surface area contributed by atoms with Crippen LogP contribution < -0.4 is 5.32 Å². The van der Waals surface area contributed by atoms with Crippen molar-refractivity contribution in [3.63, 3.8) is 0 Å². The molecule has 1 saturated heterocycles. The molecule has 1 aliphatic rings. The summed E-state index contributed by atoms with van der Waals surface area (Å²) in [7, 11) is 0. The van der Waals surface area contributed by atoms with Crippen molar-refractivity contribution < 1.29 is 23.8 Å². The van der Waals surface area contributed by atoms with Crippen LogP contribution >= 0.6 is 11.6 Å². The van der Waals surface area contributed by atoms with Gasteiger partial charge in [-0.2, -0.15) is 5.10 Å². The van der Waals surface area contributed by atoms with Crippen LogP contribution in [0.4, 0.5) is 20.5 Å². The number of piperidine rings is 1. The normalized spacial score (nSPS) is 20.3. The van der Waals surface area contributed by atoms with Crippen LogP contribution in [-0.2, 0) is 23.4 Å². The van der Waals surface area contributed by atoms with E-state index in [1.54, 1.807) is 18.2 Å². The molecule has 0 aliphatic carbocycles. The molecular weight excluding hydrogens is 530 g/mol. The number of aliphatic hydroxyl groups is 1. The molecule has 4 N–H and O–H groups in total. The fourth-order valence-electron chi connectivity index (χ4n) is 5.14. The zero-order valence-electron chi connectivity index (χ0n) is 22.4. The predicted octanol–water partition coefficient (Wildman–Crippen LogP) is 5.10. The molecule has 3 aromatic rings. The summed E-state index contributed by atoms with van der Waals surface area (Å²) in [6.07, 6.45) is 0.820. The minimum Gasteiger partial charge on any atom is -0.481 e. The number of aliphatic carboxylic acids is 1. The first-order valence-corrected chi connectivity index (χ1v) is 13.2. The summed E-state index contributed by atoms with van der Waals surface area (Å²) in [6.45, 7) is 7.19. The van der Waals surface area contributed by atoms with Gasteiger partial charge < -0.3 is 15.5 Å². The maximum absolute atomic E-state index is 15.7. The van der Waals surface area contributed by atoms with Gasteiger partial charge >= 0.3 is 5.97 Å². The van der Waals surface area contributed by atoms with Crippen LogP contribution in [0, 0.1) is 24.0 Å². The Kier molecular flexibility index (Phi) is 8.25. The van der Waals surface area contributed by atoms with Crippen LogP contribution in [0.5, 0.6) is 0 Å². The molecule has 4 rings (SSSR count). The van der Waals surface area contributed by atoms with E-state index in [-0.39, 0.29) is 54.2 Å². The quantitative estimate of drug-likeness (QED) is 0.284. The van der Waals surface area contributed by atoms with Crippen LogP contribution in [0.15, 0.2) is 24.3 Å². The van der Waals surface area contributed by atoms with Crippen LogP contribution in [-0.4, -0.2) is 53.8 Å².